The Bertz CT molecular complexity index is 535. The maximum Gasteiger partial charge on any atom is 0.264 e. The van der Waals surface area contributed by atoms with Crippen LogP contribution in [0.4, 0.5) is 0 Å². The first-order chi connectivity index (χ1) is 8.56. The van der Waals surface area contributed by atoms with Crippen molar-refractivity contribution in [3.8, 4) is 5.75 Å². The van der Waals surface area contributed by atoms with Crippen molar-refractivity contribution in [3.63, 3.8) is 0 Å². The van der Waals surface area contributed by atoms with Crippen LogP contribution in [0.5, 0.6) is 5.75 Å². The SMILES string of the molecule is Cc1ccc(C(C)N)c(OCc2nc(C)no2)c1. The molecule has 0 radical (unpaired) electrons. The van der Waals surface area contributed by atoms with Crippen LogP contribution in [-0.4, -0.2) is 10.1 Å². The summed E-state index contributed by atoms with van der Waals surface area (Å²) in [4.78, 5) is 4.09. The van der Waals surface area contributed by atoms with E-state index in [4.69, 9.17) is 15.0 Å². The Hall–Kier alpha value is -1.88. The van der Waals surface area contributed by atoms with Gasteiger partial charge in [0.25, 0.3) is 5.89 Å². The third kappa shape index (κ3) is 2.87. The number of benzene rings is 1. The van der Waals surface area contributed by atoms with Gasteiger partial charge in [-0.2, -0.15) is 4.98 Å². The minimum absolute atomic E-state index is 0.0787. The molecule has 2 N–H and O–H groups in total. The summed E-state index contributed by atoms with van der Waals surface area (Å²) < 4.78 is 10.7. The molecular weight excluding hydrogens is 230 g/mol. The highest BCUT2D eigenvalue weighted by Crippen LogP contribution is 2.25. The molecule has 0 fully saturated rings. The van der Waals surface area contributed by atoms with Crippen molar-refractivity contribution in [2.45, 2.75) is 33.4 Å². The standard InChI is InChI=1S/C13H17N3O2/c1-8-4-5-11(9(2)14)12(6-8)17-7-13-15-10(3)16-18-13/h4-6,9H,7,14H2,1-3H3. The highest BCUT2D eigenvalue weighted by Gasteiger charge is 2.10. The summed E-state index contributed by atoms with van der Waals surface area (Å²) >= 11 is 0. The van der Waals surface area contributed by atoms with E-state index in [9.17, 15) is 0 Å². The molecule has 1 aromatic heterocycles. The molecule has 0 aliphatic carbocycles. The number of aryl methyl sites for hydroxylation is 2. The van der Waals surface area contributed by atoms with Crippen LogP contribution in [0.3, 0.4) is 0 Å². The van der Waals surface area contributed by atoms with E-state index >= 15 is 0 Å². The van der Waals surface area contributed by atoms with Gasteiger partial charge in [0, 0.05) is 11.6 Å². The zero-order chi connectivity index (χ0) is 13.1. The summed E-state index contributed by atoms with van der Waals surface area (Å²) in [5, 5.41) is 3.71. The van der Waals surface area contributed by atoms with Gasteiger partial charge in [-0.15, -0.1) is 0 Å². The minimum atomic E-state index is -0.0787. The van der Waals surface area contributed by atoms with Crippen LogP contribution in [0.25, 0.3) is 0 Å². The summed E-state index contributed by atoms with van der Waals surface area (Å²) in [6, 6.07) is 5.88. The van der Waals surface area contributed by atoms with Crippen LogP contribution in [0.1, 0.15) is 35.8 Å². The first-order valence-corrected chi connectivity index (χ1v) is 5.84. The normalized spacial score (nSPS) is 12.4. The number of rotatable bonds is 4. The molecule has 96 valence electrons. The van der Waals surface area contributed by atoms with E-state index in [0.717, 1.165) is 16.9 Å². The van der Waals surface area contributed by atoms with Crippen LogP contribution >= 0.6 is 0 Å². The van der Waals surface area contributed by atoms with Crippen molar-refractivity contribution < 1.29 is 9.26 Å². The van der Waals surface area contributed by atoms with Crippen LogP contribution < -0.4 is 10.5 Å². The van der Waals surface area contributed by atoms with Gasteiger partial charge in [0.15, 0.2) is 12.4 Å². The van der Waals surface area contributed by atoms with Gasteiger partial charge in [0.05, 0.1) is 0 Å². The third-order valence-electron chi connectivity index (χ3n) is 2.58. The number of nitrogens with zero attached hydrogens (tertiary/aromatic N) is 2. The molecular formula is C13H17N3O2. The molecule has 0 aliphatic heterocycles. The summed E-state index contributed by atoms with van der Waals surface area (Å²) in [6.45, 7) is 5.96. The zero-order valence-corrected chi connectivity index (χ0v) is 10.8. The fraction of sp³-hybridized carbons (Fsp3) is 0.385. The predicted octanol–water partition coefficient (Wildman–Crippen LogP) is 2.29. The van der Waals surface area contributed by atoms with Crippen molar-refractivity contribution in [2.75, 3.05) is 0 Å². The van der Waals surface area contributed by atoms with Crippen LogP contribution in [0, 0.1) is 13.8 Å². The Balaban J connectivity index is 2.15. The second-order valence-corrected chi connectivity index (χ2v) is 4.35. The lowest BCUT2D eigenvalue weighted by Crippen LogP contribution is -2.08. The number of aromatic nitrogens is 2. The Labute approximate surface area is 106 Å². The zero-order valence-electron chi connectivity index (χ0n) is 10.8. The van der Waals surface area contributed by atoms with Gasteiger partial charge in [-0.3, -0.25) is 0 Å². The average molecular weight is 247 g/mol. The summed E-state index contributed by atoms with van der Waals surface area (Å²) in [5.41, 5.74) is 8.00. The van der Waals surface area contributed by atoms with Crippen molar-refractivity contribution in [3.05, 3.63) is 41.0 Å². The lowest BCUT2D eigenvalue weighted by atomic mass is 10.1. The summed E-state index contributed by atoms with van der Waals surface area (Å²) in [6.07, 6.45) is 0. The maximum atomic E-state index is 5.91. The molecule has 5 nitrogen and oxygen atoms in total. The van der Waals surface area contributed by atoms with Gasteiger partial charge in [-0.05, 0) is 32.4 Å². The molecule has 0 saturated heterocycles. The van der Waals surface area contributed by atoms with Gasteiger partial charge in [0.2, 0.25) is 0 Å². The molecule has 0 spiro atoms. The smallest absolute Gasteiger partial charge is 0.264 e. The van der Waals surface area contributed by atoms with E-state index in [1.807, 2.05) is 32.0 Å². The minimum Gasteiger partial charge on any atom is -0.483 e. The number of hydrogen-bond donors (Lipinski definition) is 1. The van der Waals surface area contributed by atoms with Gasteiger partial charge >= 0.3 is 0 Å². The Morgan fingerprint density at radius 2 is 2.17 bits per heavy atom. The van der Waals surface area contributed by atoms with Gasteiger partial charge in [-0.1, -0.05) is 17.3 Å². The fourth-order valence-corrected chi connectivity index (χ4v) is 1.68. The van der Waals surface area contributed by atoms with Crippen molar-refractivity contribution >= 4 is 0 Å². The molecule has 1 unspecified atom stereocenters. The molecule has 2 aromatic rings. The molecule has 0 saturated carbocycles. The number of nitrogens with two attached hydrogens (primary N) is 1. The average Bonchev–Trinajstić information content (AvgIpc) is 2.72. The Morgan fingerprint density at radius 1 is 1.39 bits per heavy atom. The van der Waals surface area contributed by atoms with E-state index in [0.29, 0.717) is 11.7 Å². The van der Waals surface area contributed by atoms with Gasteiger partial charge in [0.1, 0.15) is 5.75 Å². The second-order valence-electron chi connectivity index (χ2n) is 4.35. The summed E-state index contributed by atoms with van der Waals surface area (Å²) in [5.74, 6) is 1.83. The highest BCUT2D eigenvalue weighted by atomic mass is 16.5. The first-order valence-electron chi connectivity index (χ1n) is 5.84. The molecule has 1 aromatic carbocycles. The quantitative estimate of drug-likeness (QED) is 0.897. The lowest BCUT2D eigenvalue weighted by molar-refractivity contribution is 0.240. The molecule has 1 heterocycles. The van der Waals surface area contributed by atoms with E-state index in [1.54, 1.807) is 6.92 Å². The largest absolute Gasteiger partial charge is 0.483 e. The highest BCUT2D eigenvalue weighted by molar-refractivity contribution is 5.38. The van der Waals surface area contributed by atoms with E-state index in [-0.39, 0.29) is 12.6 Å². The third-order valence-corrected chi connectivity index (χ3v) is 2.58. The first kappa shape index (κ1) is 12.6. The van der Waals surface area contributed by atoms with E-state index in [1.165, 1.54) is 0 Å². The van der Waals surface area contributed by atoms with Crippen molar-refractivity contribution in [1.82, 2.24) is 10.1 Å². The van der Waals surface area contributed by atoms with E-state index in [2.05, 4.69) is 10.1 Å². The van der Waals surface area contributed by atoms with Gasteiger partial charge in [-0.25, -0.2) is 0 Å². The number of ether oxygens (including phenoxy) is 1. The lowest BCUT2D eigenvalue weighted by Gasteiger charge is -2.13. The Kier molecular flexibility index (Phi) is 3.62. The van der Waals surface area contributed by atoms with Crippen LogP contribution in [-0.2, 0) is 6.61 Å². The molecule has 0 aliphatic rings. The molecule has 0 amide bonds. The molecule has 2 rings (SSSR count). The monoisotopic (exact) mass is 247 g/mol. The number of hydrogen-bond acceptors (Lipinski definition) is 5. The second kappa shape index (κ2) is 5.18. The molecule has 5 heteroatoms. The van der Waals surface area contributed by atoms with Gasteiger partial charge < -0.3 is 15.0 Å². The molecule has 0 bridgehead atoms. The van der Waals surface area contributed by atoms with Crippen molar-refractivity contribution in [1.29, 1.82) is 0 Å². The van der Waals surface area contributed by atoms with Crippen molar-refractivity contribution in [2.24, 2.45) is 5.73 Å². The molecule has 1 atom stereocenters. The van der Waals surface area contributed by atoms with E-state index < -0.39 is 0 Å². The van der Waals surface area contributed by atoms with Crippen LogP contribution in [0.2, 0.25) is 0 Å². The fourth-order valence-electron chi connectivity index (χ4n) is 1.68. The maximum absolute atomic E-state index is 5.91. The topological polar surface area (TPSA) is 74.2 Å². The Morgan fingerprint density at radius 3 is 2.78 bits per heavy atom. The predicted molar refractivity (Wildman–Crippen MR) is 67.1 cm³/mol. The summed E-state index contributed by atoms with van der Waals surface area (Å²) in [7, 11) is 0. The molecule has 18 heavy (non-hydrogen) atoms. The van der Waals surface area contributed by atoms with Crippen LogP contribution in [0.15, 0.2) is 22.7 Å².